The number of esters is 2. The lowest BCUT2D eigenvalue weighted by molar-refractivity contribution is -0.165. The first-order valence-corrected chi connectivity index (χ1v) is 4.96. The summed E-state index contributed by atoms with van der Waals surface area (Å²) in [6.45, 7) is 8.31. The van der Waals surface area contributed by atoms with Gasteiger partial charge in [0.05, 0.1) is 0 Å². The average molecular weight is 216 g/mol. The standard InChI is InChI=1S/C9H12O4S/c1-4-7(10)12-9(14-6-3)13-8(11)5-2/h4-5,9H,1-2,6H2,3H3. The summed E-state index contributed by atoms with van der Waals surface area (Å²) in [4.78, 5) is 21.6. The molecule has 4 nitrogen and oxygen atoms in total. The van der Waals surface area contributed by atoms with E-state index >= 15 is 0 Å². The average Bonchev–Trinajstić information content (AvgIpc) is 2.17. The van der Waals surface area contributed by atoms with Gasteiger partial charge < -0.3 is 9.47 Å². The van der Waals surface area contributed by atoms with E-state index < -0.39 is 17.6 Å². The molecule has 5 heteroatoms. The molecule has 0 aliphatic carbocycles. The van der Waals surface area contributed by atoms with Crippen molar-refractivity contribution in [3.63, 3.8) is 0 Å². The van der Waals surface area contributed by atoms with Crippen molar-refractivity contribution >= 4 is 23.7 Å². The van der Waals surface area contributed by atoms with Gasteiger partial charge in [-0.25, -0.2) is 9.59 Å². The highest BCUT2D eigenvalue weighted by atomic mass is 32.2. The van der Waals surface area contributed by atoms with E-state index in [2.05, 4.69) is 13.2 Å². The van der Waals surface area contributed by atoms with Crippen LogP contribution >= 0.6 is 11.8 Å². The van der Waals surface area contributed by atoms with Crippen LogP contribution in [-0.2, 0) is 19.1 Å². The first-order valence-electron chi connectivity index (χ1n) is 3.91. The minimum absolute atomic E-state index is 0.632. The third-order valence-electron chi connectivity index (χ3n) is 1.06. The molecule has 0 unspecified atom stereocenters. The molecule has 0 rings (SSSR count). The van der Waals surface area contributed by atoms with E-state index in [0.717, 1.165) is 12.2 Å². The van der Waals surface area contributed by atoms with Crippen LogP contribution in [0.1, 0.15) is 6.92 Å². The number of hydrogen-bond acceptors (Lipinski definition) is 5. The molecule has 0 bridgehead atoms. The van der Waals surface area contributed by atoms with Crippen LogP contribution in [0.15, 0.2) is 25.3 Å². The van der Waals surface area contributed by atoms with Gasteiger partial charge in [0.25, 0.3) is 5.62 Å². The van der Waals surface area contributed by atoms with Crippen LogP contribution in [0.4, 0.5) is 0 Å². The quantitative estimate of drug-likeness (QED) is 0.382. The zero-order valence-electron chi connectivity index (χ0n) is 7.89. The van der Waals surface area contributed by atoms with Crippen molar-refractivity contribution in [2.24, 2.45) is 0 Å². The molecule has 0 aromatic heterocycles. The van der Waals surface area contributed by atoms with Crippen LogP contribution < -0.4 is 0 Å². The first-order chi connectivity index (χ1) is 6.63. The summed E-state index contributed by atoms with van der Waals surface area (Å²) < 4.78 is 9.46. The Morgan fingerprint density at radius 3 is 2.00 bits per heavy atom. The summed E-state index contributed by atoms with van der Waals surface area (Å²) in [6, 6.07) is 0. The molecule has 0 N–H and O–H groups in total. The molecule has 0 radical (unpaired) electrons. The van der Waals surface area contributed by atoms with Gasteiger partial charge in [0.2, 0.25) is 0 Å². The molecular formula is C9H12O4S. The van der Waals surface area contributed by atoms with Gasteiger partial charge in [-0.2, -0.15) is 0 Å². The van der Waals surface area contributed by atoms with Crippen LogP contribution in [0.3, 0.4) is 0 Å². The summed E-state index contributed by atoms with van der Waals surface area (Å²) in [7, 11) is 0. The number of ether oxygens (including phenoxy) is 2. The number of carbonyl (C=O) groups excluding carboxylic acids is 2. The third-order valence-corrected chi connectivity index (χ3v) is 1.86. The number of thioether (sulfide) groups is 1. The zero-order chi connectivity index (χ0) is 11.0. The van der Waals surface area contributed by atoms with Crippen LogP contribution in [0, 0.1) is 0 Å². The highest BCUT2D eigenvalue weighted by Crippen LogP contribution is 2.14. The Bertz CT molecular complexity index is 215. The lowest BCUT2D eigenvalue weighted by Crippen LogP contribution is -2.20. The fraction of sp³-hybridized carbons (Fsp3) is 0.333. The fourth-order valence-electron chi connectivity index (χ4n) is 0.514. The summed E-state index contributed by atoms with van der Waals surface area (Å²) in [5.74, 6) is -0.611. The van der Waals surface area contributed by atoms with Crippen molar-refractivity contribution in [1.29, 1.82) is 0 Å². The summed E-state index contributed by atoms with van der Waals surface area (Å²) >= 11 is 1.18. The Hall–Kier alpha value is -1.23. The topological polar surface area (TPSA) is 52.6 Å². The molecule has 14 heavy (non-hydrogen) atoms. The second-order valence-corrected chi connectivity index (χ2v) is 3.32. The summed E-state index contributed by atoms with van der Waals surface area (Å²) in [6.07, 6.45) is 2.01. The monoisotopic (exact) mass is 216 g/mol. The maximum absolute atomic E-state index is 10.8. The van der Waals surface area contributed by atoms with E-state index in [1.807, 2.05) is 6.92 Å². The minimum Gasteiger partial charge on any atom is -0.412 e. The predicted octanol–water partition coefficient (Wildman–Crippen LogP) is 1.48. The number of rotatable bonds is 6. The van der Waals surface area contributed by atoms with Crippen LogP contribution in [-0.4, -0.2) is 23.3 Å². The third kappa shape index (κ3) is 5.42. The van der Waals surface area contributed by atoms with E-state index in [4.69, 9.17) is 9.47 Å². The van der Waals surface area contributed by atoms with Gasteiger partial charge in [0.1, 0.15) is 0 Å². The van der Waals surface area contributed by atoms with E-state index in [9.17, 15) is 9.59 Å². The molecule has 0 aliphatic heterocycles. The van der Waals surface area contributed by atoms with Crippen LogP contribution in [0.25, 0.3) is 0 Å². The van der Waals surface area contributed by atoms with E-state index in [1.165, 1.54) is 11.8 Å². The van der Waals surface area contributed by atoms with Gasteiger partial charge in [0, 0.05) is 12.2 Å². The number of hydrogen-bond donors (Lipinski definition) is 0. The molecule has 0 saturated carbocycles. The Kier molecular flexibility index (Phi) is 6.57. The zero-order valence-corrected chi connectivity index (χ0v) is 8.71. The fourth-order valence-corrected chi connectivity index (χ4v) is 1.11. The van der Waals surface area contributed by atoms with E-state index in [0.29, 0.717) is 5.75 Å². The van der Waals surface area contributed by atoms with Gasteiger partial charge in [-0.1, -0.05) is 31.8 Å². The van der Waals surface area contributed by atoms with Gasteiger partial charge in [-0.05, 0) is 5.75 Å². The smallest absolute Gasteiger partial charge is 0.333 e. The van der Waals surface area contributed by atoms with Crippen LogP contribution in [0.2, 0.25) is 0 Å². The molecule has 0 fully saturated rings. The largest absolute Gasteiger partial charge is 0.412 e. The number of carbonyl (C=O) groups is 2. The van der Waals surface area contributed by atoms with Gasteiger partial charge in [-0.3, -0.25) is 0 Å². The molecule has 0 heterocycles. The first kappa shape index (κ1) is 12.8. The van der Waals surface area contributed by atoms with Crippen molar-refractivity contribution in [3.8, 4) is 0 Å². The molecule has 0 amide bonds. The van der Waals surface area contributed by atoms with Crippen molar-refractivity contribution in [2.45, 2.75) is 12.5 Å². The maximum atomic E-state index is 10.8. The van der Waals surface area contributed by atoms with Crippen molar-refractivity contribution in [3.05, 3.63) is 25.3 Å². The molecule has 0 aliphatic rings. The van der Waals surface area contributed by atoms with Gasteiger partial charge in [0.15, 0.2) is 0 Å². The molecule has 0 aromatic carbocycles. The van der Waals surface area contributed by atoms with Gasteiger partial charge in [-0.15, -0.1) is 0 Å². The van der Waals surface area contributed by atoms with Gasteiger partial charge >= 0.3 is 11.9 Å². The molecule has 0 aromatic rings. The maximum Gasteiger partial charge on any atom is 0.333 e. The van der Waals surface area contributed by atoms with Crippen molar-refractivity contribution < 1.29 is 19.1 Å². The SMILES string of the molecule is C=CC(=O)OC(OC(=O)C=C)SCC. The Labute approximate surface area is 87.0 Å². The Morgan fingerprint density at radius 2 is 1.71 bits per heavy atom. The Morgan fingerprint density at radius 1 is 1.29 bits per heavy atom. The van der Waals surface area contributed by atoms with E-state index in [-0.39, 0.29) is 0 Å². The molecule has 0 saturated heterocycles. The summed E-state index contributed by atoms with van der Waals surface area (Å²) in [5, 5.41) is 0. The molecule has 0 spiro atoms. The lowest BCUT2D eigenvalue weighted by Gasteiger charge is -2.14. The second-order valence-electron chi connectivity index (χ2n) is 2.03. The van der Waals surface area contributed by atoms with Crippen molar-refractivity contribution in [1.82, 2.24) is 0 Å². The highest BCUT2D eigenvalue weighted by Gasteiger charge is 2.15. The molecule has 0 atom stereocenters. The second kappa shape index (κ2) is 7.20. The minimum atomic E-state index is -0.934. The Balaban J connectivity index is 4.13. The highest BCUT2D eigenvalue weighted by molar-refractivity contribution is 7.99. The van der Waals surface area contributed by atoms with E-state index in [1.54, 1.807) is 0 Å². The lowest BCUT2D eigenvalue weighted by atomic mass is 10.7. The van der Waals surface area contributed by atoms with Crippen LogP contribution in [0.5, 0.6) is 0 Å². The van der Waals surface area contributed by atoms with Crippen molar-refractivity contribution in [2.75, 3.05) is 5.75 Å². The normalized spacial score (nSPS) is 9.29. The predicted molar refractivity (Wildman–Crippen MR) is 54.5 cm³/mol. The molecular weight excluding hydrogens is 204 g/mol. The summed E-state index contributed by atoms with van der Waals surface area (Å²) in [5.41, 5.74) is -0.934. The molecule has 78 valence electrons.